The Bertz CT molecular complexity index is 440. The molecule has 18 heavy (non-hydrogen) atoms. The fraction of sp³-hybridized carbons (Fsp3) is 0.538. The summed E-state index contributed by atoms with van der Waals surface area (Å²) >= 11 is 3.32. The fourth-order valence-electron chi connectivity index (χ4n) is 2.88. The molecule has 0 radical (unpaired) electrons. The van der Waals surface area contributed by atoms with Crippen molar-refractivity contribution in [3.05, 3.63) is 28.5 Å². The number of hydrogen-bond donors (Lipinski definition) is 1. The third-order valence-electron chi connectivity index (χ3n) is 3.93. The van der Waals surface area contributed by atoms with E-state index in [2.05, 4.69) is 31.1 Å². The van der Waals surface area contributed by atoms with Crippen LogP contribution in [0, 0.1) is 5.92 Å². The molecule has 3 aliphatic heterocycles. The van der Waals surface area contributed by atoms with Gasteiger partial charge in [0.25, 0.3) is 5.91 Å². The van der Waals surface area contributed by atoms with Crippen LogP contribution in [0.5, 0.6) is 0 Å². The number of fused-ring (bicyclic) bond motifs is 3. The highest BCUT2D eigenvalue weighted by molar-refractivity contribution is 9.10. The van der Waals surface area contributed by atoms with E-state index < -0.39 is 0 Å². The quantitative estimate of drug-likeness (QED) is 0.904. The standard InChI is InChI=1S/C13H16BrN3O/c14-10-1-2-11(15-7-10)13(18)16-12-8-17-5-3-9(12)4-6-17/h1-2,7,9,12H,3-6,8H2,(H,16,18). The third kappa shape index (κ3) is 2.42. The lowest BCUT2D eigenvalue weighted by molar-refractivity contribution is 0.0618. The highest BCUT2D eigenvalue weighted by Gasteiger charge is 2.34. The molecule has 96 valence electrons. The first-order valence-corrected chi connectivity index (χ1v) is 7.16. The Balaban J connectivity index is 1.66. The zero-order valence-corrected chi connectivity index (χ0v) is 11.7. The van der Waals surface area contributed by atoms with Crippen LogP contribution in [-0.4, -0.2) is 41.5 Å². The van der Waals surface area contributed by atoms with Crippen LogP contribution in [0.1, 0.15) is 23.3 Å². The van der Waals surface area contributed by atoms with Crippen LogP contribution < -0.4 is 5.32 Å². The van der Waals surface area contributed by atoms with E-state index >= 15 is 0 Å². The van der Waals surface area contributed by atoms with Crippen LogP contribution in [0.25, 0.3) is 0 Å². The van der Waals surface area contributed by atoms with Crippen molar-refractivity contribution in [3.63, 3.8) is 0 Å². The summed E-state index contributed by atoms with van der Waals surface area (Å²) in [4.78, 5) is 18.7. The zero-order chi connectivity index (χ0) is 12.5. The molecular weight excluding hydrogens is 294 g/mol. The molecular formula is C13H16BrN3O. The van der Waals surface area contributed by atoms with E-state index in [4.69, 9.17) is 0 Å². The Morgan fingerprint density at radius 1 is 1.39 bits per heavy atom. The molecule has 3 fully saturated rings. The van der Waals surface area contributed by atoms with Gasteiger partial charge in [-0.25, -0.2) is 4.98 Å². The average molecular weight is 310 g/mol. The number of nitrogens with one attached hydrogen (secondary N) is 1. The predicted octanol–water partition coefficient (Wildman–Crippen LogP) is 1.67. The van der Waals surface area contributed by atoms with Gasteiger partial charge in [-0.15, -0.1) is 0 Å². The summed E-state index contributed by atoms with van der Waals surface area (Å²) in [7, 11) is 0. The SMILES string of the molecule is O=C(NC1CN2CCC1CC2)c1ccc(Br)cn1. The number of amides is 1. The highest BCUT2D eigenvalue weighted by atomic mass is 79.9. The molecule has 2 bridgehead atoms. The first-order chi connectivity index (χ1) is 8.72. The summed E-state index contributed by atoms with van der Waals surface area (Å²) in [6, 6.07) is 3.89. The minimum atomic E-state index is -0.0544. The molecule has 0 aliphatic carbocycles. The molecule has 1 aromatic rings. The van der Waals surface area contributed by atoms with E-state index in [1.807, 2.05) is 6.07 Å². The number of carbonyl (C=O) groups is 1. The van der Waals surface area contributed by atoms with E-state index in [0.29, 0.717) is 17.7 Å². The topological polar surface area (TPSA) is 45.2 Å². The summed E-state index contributed by atoms with van der Waals surface area (Å²) in [5.74, 6) is 0.593. The summed E-state index contributed by atoms with van der Waals surface area (Å²) in [6.07, 6.45) is 4.07. The number of aromatic nitrogens is 1. The number of pyridine rings is 1. The van der Waals surface area contributed by atoms with Crippen LogP contribution in [0.4, 0.5) is 0 Å². The van der Waals surface area contributed by atoms with Crippen LogP contribution in [0.3, 0.4) is 0 Å². The Labute approximate surface area is 115 Å². The van der Waals surface area contributed by atoms with Gasteiger partial charge >= 0.3 is 0 Å². The average Bonchev–Trinajstić information content (AvgIpc) is 2.41. The van der Waals surface area contributed by atoms with Gasteiger partial charge in [0.1, 0.15) is 5.69 Å². The van der Waals surface area contributed by atoms with Gasteiger partial charge in [-0.2, -0.15) is 0 Å². The first-order valence-electron chi connectivity index (χ1n) is 6.37. The van der Waals surface area contributed by atoms with Crippen molar-refractivity contribution in [2.24, 2.45) is 5.92 Å². The van der Waals surface area contributed by atoms with Crippen LogP contribution in [0.15, 0.2) is 22.8 Å². The van der Waals surface area contributed by atoms with Crippen LogP contribution in [-0.2, 0) is 0 Å². The van der Waals surface area contributed by atoms with Crippen molar-refractivity contribution in [2.45, 2.75) is 18.9 Å². The number of rotatable bonds is 2. The van der Waals surface area contributed by atoms with E-state index in [0.717, 1.165) is 11.0 Å². The lowest BCUT2D eigenvalue weighted by Gasteiger charge is -2.44. The van der Waals surface area contributed by atoms with E-state index in [-0.39, 0.29) is 5.91 Å². The van der Waals surface area contributed by atoms with Gasteiger partial charge in [0.05, 0.1) is 0 Å². The lowest BCUT2D eigenvalue weighted by Crippen LogP contribution is -2.57. The molecule has 4 heterocycles. The molecule has 1 N–H and O–H groups in total. The Morgan fingerprint density at radius 3 is 2.72 bits per heavy atom. The number of nitrogens with zero attached hydrogens (tertiary/aromatic N) is 2. The highest BCUT2D eigenvalue weighted by Crippen LogP contribution is 2.27. The third-order valence-corrected chi connectivity index (χ3v) is 4.40. The molecule has 1 aromatic heterocycles. The van der Waals surface area contributed by atoms with E-state index in [9.17, 15) is 4.79 Å². The van der Waals surface area contributed by atoms with Gasteiger partial charge in [-0.1, -0.05) is 0 Å². The molecule has 3 saturated heterocycles. The molecule has 1 atom stereocenters. The van der Waals surface area contributed by atoms with Gasteiger partial charge in [0.15, 0.2) is 0 Å². The molecule has 0 spiro atoms. The Hall–Kier alpha value is -0.940. The number of hydrogen-bond acceptors (Lipinski definition) is 3. The lowest BCUT2D eigenvalue weighted by atomic mass is 9.84. The Morgan fingerprint density at radius 2 is 2.17 bits per heavy atom. The van der Waals surface area contributed by atoms with Crippen molar-refractivity contribution in [2.75, 3.05) is 19.6 Å². The number of piperidine rings is 3. The van der Waals surface area contributed by atoms with Crippen molar-refractivity contribution < 1.29 is 4.79 Å². The molecule has 5 heteroatoms. The minimum Gasteiger partial charge on any atom is -0.346 e. The van der Waals surface area contributed by atoms with Gasteiger partial charge in [0.2, 0.25) is 0 Å². The molecule has 1 unspecified atom stereocenters. The van der Waals surface area contributed by atoms with Gasteiger partial charge < -0.3 is 10.2 Å². The molecule has 0 aromatic carbocycles. The fourth-order valence-corrected chi connectivity index (χ4v) is 3.12. The van der Waals surface area contributed by atoms with Gasteiger partial charge in [-0.05, 0) is 59.9 Å². The van der Waals surface area contributed by atoms with Crippen molar-refractivity contribution in [1.29, 1.82) is 0 Å². The normalized spacial score (nSPS) is 30.2. The second kappa shape index (κ2) is 4.97. The molecule has 1 amide bonds. The maximum Gasteiger partial charge on any atom is 0.270 e. The minimum absolute atomic E-state index is 0.0544. The second-order valence-corrected chi connectivity index (χ2v) is 6.00. The molecule has 4 rings (SSSR count). The molecule has 0 saturated carbocycles. The van der Waals surface area contributed by atoms with E-state index in [1.165, 1.54) is 25.9 Å². The first kappa shape index (κ1) is 12.1. The summed E-state index contributed by atoms with van der Waals surface area (Å²) in [5.41, 5.74) is 0.495. The summed E-state index contributed by atoms with van der Waals surface area (Å²) < 4.78 is 0.891. The smallest absolute Gasteiger partial charge is 0.270 e. The number of carbonyl (C=O) groups excluding carboxylic acids is 1. The maximum atomic E-state index is 12.1. The van der Waals surface area contributed by atoms with Crippen LogP contribution in [0.2, 0.25) is 0 Å². The van der Waals surface area contributed by atoms with E-state index in [1.54, 1.807) is 12.3 Å². The summed E-state index contributed by atoms with van der Waals surface area (Å²) in [6.45, 7) is 3.37. The van der Waals surface area contributed by atoms with Crippen LogP contribution >= 0.6 is 15.9 Å². The van der Waals surface area contributed by atoms with Crippen molar-refractivity contribution >= 4 is 21.8 Å². The van der Waals surface area contributed by atoms with Gasteiger partial charge in [-0.3, -0.25) is 4.79 Å². The summed E-state index contributed by atoms with van der Waals surface area (Å²) in [5, 5.41) is 3.13. The zero-order valence-electron chi connectivity index (χ0n) is 10.1. The number of halogens is 1. The molecule has 4 nitrogen and oxygen atoms in total. The second-order valence-electron chi connectivity index (χ2n) is 5.08. The van der Waals surface area contributed by atoms with Crippen molar-refractivity contribution in [1.82, 2.24) is 15.2 Å². The predicted molar refractivity (Wildman–Crippen MR) is 72.4 cm³/mol. The molecule has 3 aliphatic rings. The monoisotopic (exact) mass is 309 g/mol. The largest absolute Gasteiger partial charge is 0.346 e. The Kier molecular flexibility index (Phi) is 3.35. The van der Waals surface area contributed by atoms with Crippen molar-refractivity contribution in [3.8, 4) is 0 Å². The maximum absolute atomic E-state index is 12.1. The van der Waals surface area contributed by atoms with Gasteiger partial charge in [0, 0.05) is 23.3 Å².